The van der Waals surface area contributed by atoms with Crippen molar-refractivity contribution in [1.82, 2.24) is 0 Å². The molecule has 0 saturated carbocycles. The highest BCUT2D eigenvalue weighted by molar-refractivity contribution is 7.99. The second kappa shape index (κ2) is 3.43. The minimum Gasteiger partial charge on any atom is -0.399 e. The molecule has 1 aromatic carbocycles. The maximum atomic E-state index is 6.04. The Kier molecular flexibility index (Phi) is 2.54. The summed E-state index contributed by atoms with van der Waals surface area (Å²) in [7, 11) is 0. The van der Waals surface area contributed by atoms with Crippen LogP contribution in [0.15, 0.2) is 17.0 Å². The molecule has 0 fully saturated rings. The molecular weight excluding hydrogens is 214 g/mol. The Morgan fingerprint density at radius 2 is 1.88 bits per heavy atom. The number of benzene rings is 1. The summed E-state index contributed by atoms with van der Waals surface area (Å²) in [6, 6.07) is 4.30. The highest BCUT2D eigenvalue weighted by Gasteiger charge is 2.34. The van der Waals surface area contributed by atoms with Gasteiger partial charge in [-0.1, -0.05) is 34.6 Å². The number of thioether (sulfide) groups is 1. The molecule has 16 heavy (non-hydrogen) atoms. The number of hydrogen-bond acceptors (Lipinski definition) is 2. The van der Waals surface area contributed by atoms with Crippen LogP contribution in [0.1, 0.15) is 45.7 Å². The van der Waals surface area contributed by atoms with E-state index >= 15 is 0 Å². The summed E-state index contributed by atoms with van der Waals surface area (Å²) in [5.41, 5.74) is 10.2. The smallest absolute Gasteiger partial charge is 0.0320 e. The standard InChI is InChI=1S/C14H21NS/c1-13(2,3)10-6-9(15)7-11-12(10)16-8-14(11,4)5/h6-7H,8,15H2,1-5H3. The van der Waals surface area contributed by atoms with Crippen LogP contribution >= 0.6 is 11.8 Å². The molecule has 0 radical (unpaired) electrons. The van der Waals surface area contributed by atoms with Gasteiger partial charge < -0.3 is 5.73 Å². The maximum absolute atomic E-state index is 6.04. The topological polar surface area (TPSA) is 26.0 Å². The van der Waals surface area contributed by atoms with Crippen LogP contribution in [-0.4, -0.2) is 5.75 Å². The van der Waals surface area contributed by atoms with E-state index < -0.39 is 0 Å². The molecule has 1 heterocycles. The maximum Gasteiger partial charge on any atom is 0.0320 e. The fraction of sp³-hybridized carbons (Fsp3) is 0.571. The Balaban J connectivity index is 2.67. The molecule has 88 valence electrons. The minimum absolute atomic E-state index is 0.173. The summed E-state index contributed by atoms with van der Waals surface area (Å²) in [5.74, 6) is 1.16. The molecule has 0 aromatic heterocycles. The van der Waals surface area contributed by atoms with E-state index in [1.54, 1.807) is 0 Å². The van der Waals surface area contributed by atoms with E-state index in [0.717, 1.165) is 11.4 Å². The first-order valence-electron chi connectivity index (χ1n) is 5.79. The van der Waals surface area contributed by atoms with Crippen molar-refractivity contribution in [3.05, 3.63) is 23.3 Å². The van der Waals surface area contributed by atoms with Gasteiger partial charge in [0, 0.05) is 21.8 Å². The van der Waals surface area contributed by atoms with Crippen molar-refractivity contribution >= 4 is 17.4 Å². The second-order valence-corrected chi connectivity index (χ2v) is 7.35. The molecule has 0 unspecified atom stereocenters. The highest BCUT2D eigenvalue weighted by Crippen LogP contribution is 2.48. The summed E-state index contributed by atoms with van der Waals surface area (Å²) in [5, 5.41) is 0. The SMILES string of the molecule is CC(C)(C)c1cc(N)cc2c1SCC2(C)C. The first-order chi connectivity index (χ1) is 7.22. The first kappa shape index (κ1) is 11.8. The van der Waals surface area contributed by atoms with Gasteiger partial charge in [-0.15, -0.1) is 11.8 Å². The van der Waals surface area contributed by atoms with Gasteiger partial charge >= 0.3 is 0 Å². The highest BCUT2D eigenvalue weighted by atomic mass is 32.2. The predicted molar refractivity (Wildman–Crippen MR) is 73.3 cm³/mol. The van der Waals surface area contributed by atoms with Crippen LogP contribution in [0.5, 0.6) is 0 Å². The third-order valence-electron chi connectivity index (χ3n) is 3.23. The van der Waals surface area contributed by atoms with Gasteiger partial charge in [-0.3, -0.25) is 0 Å². The van der Waals surface area contributed by atoms with E-state index in [2.05, 4.69) is 46.8 Å². The van der Waals surface area contributed by atoms with E-state index in [1.807, 2.05) is 11.8 Å². The van der Waals surface area contributed by atoms with Gasteiger partial charge in [0.2, 0.25) is 0 Å². The van der Waals surface area contributed by atoms with Crippen LogP contribution in [-0.2, 0) is 10.8 Å². The van der Waals surface area contributed by atoms with E-state index in [4.69, 9.17) is 5.73 Å². The summed E-state index contributed by atoms with van der Waals surface area (Å²) in [4.78, 5) is 1.46. The largest absolute Gasteiger partial charge is 0.399 e. The third-order valence-corrected chi connectivity index (χ3v) is 4.82. The van der Waals surface area contributed by atoms with Crippen LogP contribution in [0.2, 0.25) is 0 Å². The first-order valence-corrected chi connectivity index (χ1v) is 6.78. The van der Waals surface area contributed by atoms with E-state index in [-0.39, 0.29) is 10.8 Å². The van der Waals surface area contributed by atoms with Crippen LogP contribution in [0.4, 0.5) is 5.69 Å². The third kappa shape index (κ3) is 1.84. The summed E-state index contributed by atoms with van der Waals surface area (Å²) in [6.07, 6.45) is 0. The molecule has 0 aliphatic carbocycles. The molecule has 1 nitrogen and oxygen atoms in total. The quantitative estimate of drug-likeness (QED) is 0.689. The molecule has 1 aromatic rings. The number of nitrogens with two attached hydrogens (primary N) is 1. The molecule has 0 bridgehead atoms. The van der Waals surface area contributed by atoms with Gasteiger partial charge in [0.15, 0.2) is 0 Å². The Morgan fingerprint density at radius 3 is 2.44 bits per heavy atom. The number of hydrogen-bond donors (Lipinski definition) is 1. The number of nitrogen functional groups attached to an aromatic ring is 1. The zero-order valence-electron chi connectivity index (χ0n) is 10.8. The van der Waals surface area contributed by atoms with Gasteiger partial charge in [-0.05, 0) is 28.7 Å². The van der Waals surface area contributed by atoms with Crippen LogP contribution < -0.4 is 5.73 Å². The molecule has 0 atom stereocenters. The molecule has 0 amide bonds. The van der Waals surface area contributed by atoms with E-state index in [9.17, 15) is 0 Å². The fourth-order valence-electron chi connectivity index (χ4n) is 2.20. The molecule has 1 aliphatic heterocycles. The summed E-state index contributed by atoms with van der Waals surface area (Å²) >= 11 is 1.98. The lowest BCUT2D eigenvalue weighted by molar-refractivity contribution is 0.563. The van der Waals surface area contributed by atoms with Gasteiger partial charge in [0.25, 0.3) is 0 Å². The van der Waals surface area contributed by atoms with Gasteiger partial charge in [0.05, 0.1) is 0 Å². The van der Waals surface area contributed by atoms with Crippen molar-refractivity contribution in [2.45, 2.75) is 50.3 Å². The van der Waals surface area contributed by atoms with Crippen molar-refractivity contribution in [2.75, 3.05) is 11.5 Å². The van der Waals surface area contributed by atoms with Crippen molar-refractivity contribution < 1.29 is 0 Å². The lowest BCUT2D eigenvalue weighted by Gasteiger charge is -2.25. The van der Waals surface area contributed by atoms with Crippen molar-refractivity contribution in [2.24, 2.45) is 0 Å². The van der Waals surface area contributed by atoms with Gasteiger partial charge in [0.1, 0.15) is 0 Å². The normalized spacial score (nSPS) is 18.6. The summed E-state index contributed by atoms with van der Waals surface area (Å²) < 4.78 is 0. The Labute approximate surface area is 103 Å². The molecule has 2 rings (SSSR count). The zero-order valence-corrected chi connectivity index (χ0v) is 11.7. The molecule has 1 aliphatic rings. The molecular formula is C14H21NS. The van der Waals surface area contributed by atoms with Crippen molar-refractivity contribution in [1.29, 1.82) is 0 Å². The molecule has 0 spiro atoms. The molecule has 2 heteroatoms. The Bertz CT molecular complexity index is 427. The number of fused-ring (bicyclic) bond motifs is 1. The second-order valence-electron chi connectivity index (χ2n) is 6.37. The lowest BCUT2D eigenvalue weighted by Crippen LogP contribution is -2.18. The van der Waals surface area contributed by atoms with Crippen molar-refractivity contribution in [3.63, 3.8) is 0 Å². The lowest BCUT2D eigenvalue weighted by atomic mass is 9.80. The van der Waals surface area contributed by atoms with Gasteiger partial charge in [-0.2, -0.15) is 0 Å². The van der Waals surface area contributed by atoms with E-state index in [1.165, 1.54) is 16.0 Å². The average molecular weight is 235 g/mol. The predicted octanol–water partition coefficient (Wildman–Crippen LogP) is 3.95. The number of anilines is 1. The van der Waals surface area contributed by atoms with Crippen LogP contribution in [0, 0.1) is 0 Å². The fourth-order valence-corrected chi connectivity index (χ4v) is 3.87. The zero-order chi connectivity index (χ0) is 12.1. The number of rotatable bonds is 0. The molecule has 2 N–H and O–H groups in total. The van der Waals surface area contributed by atoms with Crippen LogP contribution in [0.25, 0.3) is 0 Å². The monoisotopic (exact) mass is 235 g/mol. The van der Waals surface area contributed by atoms with Crippen LogP contribution in [0.3, 0.4) is 0 Å². The van der Waals surface area contributed by atoms with E-state index in [0.29, 0.717) is 0 Å². The Hall–Kier alpha value is -0.630. The van der Waals surface area contributed by atoms with Gasteiger partial charge in [-0.25, -0.2) is 0 Å². The van der Waals surface area contributed by atoms with Crippen molar-refractivity contribution in [3.8, 4) is 0 Å². The summed E-state index contributed by atoms with van der Waals surface area (Å²) in [6.45, 7) is 11.4. The minimum atomic E-state index is 0.173. The average Bonchev–Trinajstić information content (AvgIpc) is 2.40. The molecule has 0 saturated heterocycles. The Morgan fingerprint density at radius 1 is 1.25 bits per heavy atom.